The average molecular weight is 245 g/mol. The zero-order valence-corrected chi connectivity index (χ0v) is 11.1. The van der Waals surface area contributed by atoms with E-state index < -0.39 is 0 Å². The van der Waals surface area contributed by atoms with E-state index in [0.29, 0.717) is 11.8 Å². The summed E-state index contributed by atoms with van der Waals surface area (Å²) in [5.41, 5.74) is 1.36. The summed E-state index contributed by atoms with van der Waals surface area (Å²) in [5, 5.41) is 10.3. The molecule has 1 N–H and O–H groups in total. The topological polar surface area (TPSA) is 23.5 Å². The highest BCUT2D eigenvalue weighted by atomic mass is 16.3. The van der Waals surface area contributed by atoms with Crippen molar-refractivity contribution in [1.82, 2.24) is 4.90 Å². The van der Waals surface area contributed by atoms with Crippen molar-refractivity contribution in [3.8, 4) is 0 Å². The maximum absolute atomic E-state index is 10.3. The van der Waals surface area contributed by atoms with E-state index in [4.69, 9.17) is 0 Å². The molecule has 2 bridgehead atoms. The van der Waals surface area contributed by atoms with Crippen LogP contribution in [0.2, 0.25) is 0 Å². The Bertz CT molecular complexity index is 389. The molecule has 2 aliphatic carbocycles. The Morgan fingerprint density at radius 2 is 1.89 bits per heavy atom. The van der Waals surface area contributed by atoms with Gasteiger partial charge in [0.15, 0.2) is 0 Å². The van der Waals surface area contributed by atoms with E-state index in [1.54, 1.807) is 0 Å². The molecule has 2 heteroatoms. The molecule has 18 heavy (non-hydrogen) atoms. The number of rotatable bonds is 4. The van der Waals surface area contributed by atoms with Crippen LogP contribution in [0.5, 0.6) is 0 Å². The van der Waals surface area contributed by atoms with Gasteiger partial charge in [0.05, 0.1) is 6.10 Å². The minimum absolute atomic E-state index is 0.0398. The van der Waals surface area contributed by atoms with Crippen molar-refractivity contribution in [2.75, 3.05) is 13.6 Å². The third kappa shape index (κ3) is 2.32. The molecular formula is C16H23NO. The first-order valence-corrected chi connectivity index (χ1v) is 7.14. The van der Waals surface area contributed by atoms with E-state index in [9.17, 15) is 5.11 Å². The molecule has 0 spiro atoms. The zero-order valence-electron chi connectivity index (χ0n) is 11.1. The van der Waals surface area contributed by atoms with Gasteiger partial charge in [-0.3, -0.25) is 0 Å². The van der Waals surface area contributed by atoms with Gasteiger partial charge >= 0.3 is 0 Å². The van der Waals surface area contributed by atoms with Crippen molar-refractivity contribution in [2.24, 2.45) is 17.8 Å². The van der Waals surface area contributed by atoms with Gasteiger partial charge in [0.2, 0.25) is 0 Å². The van der Waals surface area contributed by atoms with Gasteiger partial charge < -0.3 is 10.0 Å². The Balaban J connectivity index is 1.57. The molecule has 0 saturated heterocycles. The fraction of sp³-hybridized carbons (Fsp3) is 0.625. The predicted molar refractivity (Wildman–Crippen MR) is 73.1 cm³/mol. The first-order valence-electron chi connectivity index (χ1n) is 7.14. The summed E-state index contributed by atoms with van der Waals surface area (Å²) in [6, 6.07) is 10.6. The number of aliphatic hydroxyl groups is 1. The first kappa shape index (κ1) is 12.2. The Morgan fingerprint density at radius 1 is 1.17 bits per heavy atom. The highest BCUT2D eigenvalue weighted by molar-refractivity contribution is 5.14. The standard InChI is InChI=1S/C16H23NO/c1-17(10-12-5-3-2-4-6-12)11-15-13-7-8-14(9-13)16(15)18/h2-6,13-16,18H,7-11H2,1H3/t13-,14-,15-,16-/m0/s1. The number of benzene rings is 1. The lowest BCUT2D eigenvalue weighted by Gasteiger charge is -2.31. The zero-order chi connectivity index (χ0) is 12.5. The van der Waals surface area contributed by atoms with Gasteiger partial charge in [-0.15, -0.1) is 0 Å². The molecule has 0 radical (unpaired) electrons. The average Bonchev–Trinajstić information content (AvgIpc) is 2.94. The molecule has 4 atom stereocenters. The number of fused-ring (bicyclic) bond motifs is 2. The molecule has 3 rings (SSSR count). The fourth-order valence-electron chi connectivity index (χ4n) is 3.96. The monoisotopic (exact) mass is 245 g/mol. The highest BCUT2D eigenvalue weighted by Crippen LogP contribution is 2.48. The first-order chi connectivity index (χ1) is 8.74. The normalized spacial score (nSPS) is 34.4. The van der Waals surface area contributed by atoms with Gasteiger partial charge in [-0.1, -0.05) is 30.3 Å². The molecule has 2 nitrogen and oxygen atoms in total. The summed E-state index contributed by atoms with van der Waals surface area (Å²) in [6.45, 7) is 2.03. The summed E-state index contributed by atoms with van der Waals surface area (Å²) >= 11 is 0. The summed E-state index contributed by atoms with van der Waals surface area (Å²) in [4.78, 5) is 2.37. The smallest absolute Gasteiger partial charge is 0.0611 e. The molecule has 98 valence electrons. The van der Waals surface area contributed by atoms with Crippen molar-refractivity contribution in [3.05, 3.63) is 35.9 Å². The van der Waals surface area contributed by atoms with Crippen LogP contribution in [0.15, 0.2) is 30.3 Å². The maximum atomic E-state index is 10.3. The molecule has 0 aromatic heterocycles. The summed E-state index contributed by atoms with van der Waals surface area (Å²) < 4.78 is 0. The third-order valence-electron chi connectivity index (χ3n) is 4.86. The number of hydrogen-bond donors (Lipinski definition) is 1. The highest BCUT2D eigenvalue weighted by Gasteiger charge is 2.46. The van der Waals surface area contributed by atoms with Crippen molar-refractivity contribution in [2.45, 2.75) is 31.9 Å². The van der Waals surface area contributed by atoms with E-state index in [2.05, 4.69) is 42.3 Å². The molecule has 0 amide bonds. The second-order valence-electron chi connectivity index (χ2n) is 6.17. The fourth-order valence-corrected chi connectivity index (χ4v) is 3.96. The van der Waals surface area contributed by atoms with Crippen molar-refractivity contribution in [3.63, 3.8) is 0 Å². The van der Waals surface area contributed by atoms with Crippen LogP contribution >= 0.6 is 0 Å². The minimum Gasteiger partial charge on any atom is -0.392 e. The van der Waals surface area contributed by atoms with Crippen molar-refractivity contribution >= 4 is 0 Å². The molecule has 0 aliphatic heterocycles. The van der Waals surface area contributed by atoms with E-state index in [-0.39, 0.29) is 6.10 Å². The van der Waals surface area contributed by atoms with Crippen LogP contribution in [0.4, 0.5) is 0 Å². The lowest BCUT2D eigenvalue weighted by atomic mass is 9.86. The van der Waals surface area contributed by atoms with Gasteiger partial charge in [-0.25, -0.2) is 0 Å². The number of aliphatic hydroxyl groups excluding tert-OH is 1. The molecule has 2 saturated carbocycles. The van der Waals surface area contributed by atoms with Gasteiger partial charge in [-0.2, -0.15) is 0 Å². The van der Waals surface area contributed by atoms with E-state index in [0.717, 1.165) is 19.0 Å². The second kappa shape index (κ2) is 5.02. The third-order valence-corrected chi connectivity index (χ3v) is 4.86. The van der Waals surface area contributed by atoms with Crippen LogP contribution < -0.4 is 0 Å². The number of nitrogens with zero attached hydrogens (tertiary/aromatic N) is 1. The molecule has 0 unspecified atom stereocenters. The quantitative estimate of drug-likeness (QED) is 0.881. The summed E-state index contributed by atoms with van der Waals surface area (Å²) in [6.07, 6.45) is 3.82. The van der Waals surface area contributed by atoms with Crippen LogP contribution in [0.1, 0.15) is 24.8 Å². The van der Waals surface area contributed by atoms with Crippen LogP contribution in [0.3, 0.4) is 0 Å². The lowest BCUT2D eigenvalue weighted by molar-refractivity contribution is 0.0410. The predicted octanol–water partition coefficient (Wildman–Crippen LogP) is 2.53. The Hall–Kier alpha value is -0.860. The lowest BCUT2D eigenvalue weighted by Crippen LogP contribution is -2.36. The molecule has 2 fully saturated rings. The summed E-state index contributed by atoms with van der Waals surface area (Å²) in [5.74, 6) is 1.89. The Morgan fingerprint density at radius 3 is 2.56 bits per heavy atom. The SMILES string of the molecule is CN(Cc1ccccc1)C[C@H]1[C@H]2CC[C@@H](C2)[C@@H]1O. The van der Waals surface area contributed by atoms with E-state index in [1.165, 1.54) is 24.8 Å². The number of hydrogen-bond acceptors (Lipinski definition) is 2. The second-order valence-corrected chi connectivity index (χ2v) is 6.17. The minimum atomic E-state index is -0.0398. The van der Waals surface area contributed by atoms with Crippen LogP contribution in [0, 0.1) is 17.8 Å². The van der Waals surface area contributed by atoms with E-state index >= 15 is 0 Å². The molecule has 1 aromatic rings. The molecule has 2 aliphatic rings. The molecule has 0 heterocycles. The van der Waals surface area contributed by atoms with Gasteiger partial charge in [0, 0.05) is 19.0 Å². The van der Waals surface area contributed by atoms with Crippen molar-refractivity contribution < 1.29 is 5.11 Å². The molecule has 1 aromatic carbocycles. The largest absolute Gasteiger partial charge is 0.392 e. The van der Waals surface area contributed by atoms with Crippen LogP contribution in [-0.2, 0) is 6.54 Å². The Kier molecular flexibility index (Phi) is 3.40. The van der Waals surface area contributed by atoms with Gasteiger partial charge in [0.1, 0.15) is 0 Å². The summed E-state index contributed by atoms with van der Waals surface area (Å²) in [7, 11) is 2.17. The maximum Gasteiger partial charge on any atom is 0.0611 e. The van der Waals surface area contributed by atoms with Gasteiger partial charge in [-0.05, 0) is 43.7 Å². The van der Waals surface area contributed by atoms with Crippen LogP contribution in [0.25, 0.3) is 0 Å². The molecular weight excluding hydrogens is 222 g/mol. The Labute approximate surface area is 110 Å². The van der Waals surface area contributed by atoms with Crippen molar-refractivity contribution in [1.29, 1.82) is 0 Å². The van der Waals surface area contributed by atoms with Crippen LogP contribution in [-0.4, -0.2) is 29.7 Å². The van der Waals surface area contributed by atoms with E-state index in [1.807, 2.05) is 0 Å². The van der Waals surface area contributed by atoms with Gasteiger partial charge in [0.25, 0.3) is 0 Å².